The van der Waals surface area contributed by atoms with Gasteiger partial charge in [-0.25, -0.2) is 0 Å². The van der Waals surface area contributed by atoms with Gasteiger partial charge in [-0.3, -0.25) is 9.59 Å². The van der Waals surface area contributed by atoms with Crippen molar-refractivity contribution in [2.75, 3.05) is 11.1 Å². The Morgan fingerprint density at radius 1 is 1.15 bits per heavy atom. The summed E-state index contributed by atoms with van der Waals surface area (Å²) in [4.78, 5) is 23.1. The highest BCUT2D eigenvalue weighted by molar-refractivity contribution is 7.99. The highest BCUT2D eigenvalue weighted by atomic mass is 32.2. The van der Waals surface area contributed by atoms with Gasteiger partial charge in [-0.15, -0.1) is 0 Å². The first kappa shape index (κ1) is 18.5. The Bertz CT molecular complexity index is 942. The number of primary amides is 1. The summed E-state index contributed by atoms with van der Waals surface area (Å²) >= 11 is 1.19. The summed E-state index contributed by atoms with van der Waals surface area (Å²) in [7, 11) is 0. The lowest BCUT2D eigenvalue weighted by atomic mass is 10.2. The summed E-state index contributed by atoms with van der Waals surface area (Å²) < 4.78 is 6.14. The van der Waals surface area contributed by atoms with Gasteiger partial charge in [-0.2, -0.15) is 0 Å². The molecule has 27 heavy (non-hydrogen) atoms. The Morgan fingerprint density at radius 2 is 1.85 bits per heavy atom. The lowest BCUT2D eigenvalue weighted by Gasteiger charge is -2.05. The number of carbonyl (C=O) groups excluding carboxylic acids is 2. The van der Waals surface area contributed by atoms with E-state index in [0.717, 1.165) is 0 Å². The van der Waals surface area contributed by atoms with Gasteiger partial charge in [0.1, 0.15) is 0 Å². The number of hydrogen-bond acceptors (Lipinski definition) is 6. The van der Waals surface area contributed by atoms with Crippen LogP contribution in [0, 0.1) is 0 Å². The van der Waals surface area contributed by atoms with Crippen LogP contribution in [-0.4, -0.2) is 22.8 Å². The van der Waals surface area contributed by atoms with Crippen molar-refractivity contribution in [3.05, 3.63) is 60.2 Å². The number of benzene rings is 2. The highest BCUT2D eigenvalue weighted by Crippen LogP contribution is 2.24. The van der Waals surface area contributed by atoms with E-state index in [2.05, 4.69) is 10.6 Å². The van der Waals surface area contributed by atoms with Crippen molar-refractivity contribution in [2.24, 2.45) is 5.73 Å². The zero-order chi connectivity index (χ0) is 19.2. The second kappa shape index (κ2) is 8.37. The Labute approximate surface area is 158 Å². The first-order chi connectivity index (χ1) is 13.0. The largest absolute Gasteiger partial charge is 0.538 e. The number of nitrogens with zero attached hydrogens (tertiary/aromatic N) is 2. The molecule has 0 saturated heterocycles. The van der Waals surface area contributed by atoms with Crippen LogP contribution in [0.1, 0.15) is 16.8 Å². The normalized spacial score (nSPS) is 10.5. The van der Waals surface area contributed by atoms with Crippen molar-refractivity contribution < 1.29 is 23.9 Å². The molecule has 3 aromatic rings. The number of nitrogens with one attached hydrogen (secondary N) is 1. The van der Waals surface area contributed by atoms with E-state index < -0.39 is 11.9 Å². The molecule has 0 aliphatic carbocycles. The predicted octanol–water partition coefficient (Wildman–Crippen LogP) is 1.24. The fourth-order valence-corrected chi connectivity index (χ4v) is 3.17. The first-order valence-corrected chi connectivity index (χ1v) is 9.00. The smallest absolute Gasteiger partial charge is 0.297 e. The average molecular weight is 384 g/mol. The third-order valence-electron chi connectivity index (χ3n) is 3.59. The van der Waals surface area contributed by atoms with Gasteiger partial charge in [-0.1, -0.05) is 30.0 Å². The molecule has 2 aromatic carbocycles. The van der Waals surface area contributed by atoms with E-state index in [0.29, 0.717) is 27.7 Å². The maximum absolute atomic E-state index is 12.1. The number of hydrogen-bond donors (Lipinski definition) is 2. The number of nitrogens with two attached hydrogens (primary N) is 1. The number of para-hydroxylation sites is 1. The van der Waals surface area contributed by atoms with Crippen molar-refractivity contribution in [3.63, 3.8) is 0 Å². The van der Waals surface area contributed by atoms with Crippen LogP contribution in [-0.2, 0) is 4.79 Å². The minimum absolute atomic E-state index is 0.182. The monoisotopic (exact) mass is 384 g/mol. The molecule has 8 nitrogen and oxygen atoms in total. The molecule has 1 aromatic heterocycles. The molecule has 9 heteroatoms. The number of amides is 2. The van der Waals surface area contributed by atoms with Crippen LogP contribution in [0.5, 0.6) is 5.95 Å². The molecule has 3 N–H and O–H groups in total. The van der Waals surface area contributed by atoms with Crippen LogP contribution in [0.3, 0.4) is 0 Å². The standard InChI is InChI=1S/C18H16N4O4S/c19-16(24)12-6-8-13(9-7-12)20-15(23)10-11-27-17-18(25)26-21-22(17)14-4-2-1-3-5-14/h1-9H,10-11H2,(H3-,19,20,21,23,24,25). The van der Waals surface area contributed by atoms with E-state index in [4.69, 9.17) is 10.3 Å². The number of aromatic nitrogens is 2. The topological polar surface area (TPSA) is 125 Å². The molecule has 0 atom stereocenters. The zero-order valence-electron chi connectivity index (χ0n) is 14.1. The van der Waals surface area contributed by atoms with Crippen molar-refractivity contribution in [1.82, 2.24) is 5.27 Å². The van der Waals surface area contributed by atoms with Crippen molar-refractivity contribution in [1.29, 1.82) is 0 Å². The molecule has 138 valence electrons. The molecule has 0 unspecified atom stereocenters. The zero-order valence-corrected chi connectivity index (χ0v) is 14.9. The SMILES string of the molecule is NC(=O)c1ccc(NC(=O)CCSc2c([O-])on[n+]2-c2ccccc2)cc1. The van der Waals surface area contributed by atoms with Crippen LogP contribution in [0.4, 0.5) is 5.69 Å². The molecule has 0 saturated carbocycles. The summed E-state index contributed by atoms with van der Waals surface area (Å²) in [5.41, 5.74) is 6.80. The minimum Gasteiger partial charge on any atom is -0.538 e. The van der Waals surface area contributed by atoms with Gasteiger partial charge in [0.2, 0.25) is 17.5 Å². The van der Waals surface area contributed by atoms with Crippen molar-refractivity contribution in [2.45, 2.75) is 11.4 Å². The number of carbonyl (C=O) groups is 2. The Morgan fingerprint density at radius 3 is 2.52 bits per heavy atom. The van der Waals surface area contributed by atoms with Gasteiger partial charge in [0.05, 0.1) is 5.27 Å². The van der Waals surface area contributed by atoms with Gasteiger partial charge in [0, 0.05) is 35.6 Å². The lowest BCUT2D eigenvalue weighted by Crippen LogP contribution is -2.34. The van der Waals surface area contributed by atoms with Crippen LogP contribution >= 0.6 is 11.8 Å². The van der Waals surface area contributed by atoms with E-state index in [9.17, 15) is 14.7 Å². The van der Waals surface area contributed by atoms with Crippen molar-refractivity contribution >= 4 is 29.3 Å². The molecule has 0 aliphatic rings. The molecule has 0 radical (unpaired) electrons. The van der Waals surface area contributed by atoms with Gasteiger partial charge < -0.3 is 20.7 Å². The van der Waals surface area contributed by atoms with Crippen LogP contribution < -0.4 is 20.8 Å². The molecule has 0 aliphatic heterocycles. The third-order valence-corrected chi connectivity index (χ3v) is 4.62. The summed E-state index contributed by atoms with van der Waals surface area (Å²) in [6.07, 6.45) is 0.182. The van der Waals surface area contributed by atoms with Gasteiger partial charge in [-0.05, 0) is 28.9 Å². The molecular weight excluding hydrogens is 368 g/mol. The second-order valence-corrected chi connectivity index (χ2v) is 6.58. The van der Waals surface area contributed by atoms with Gasteiger partial charge in [0.15, 0.2) is 5.95 Å². The van der Waals surface area contributed by atoms with Crippen LogP contribution in [0.2, 0.25) is 0 Å². The Hall–Kier alpha value is -3.33. The van der Waals surface area contributed by atoms with E-state index in [-0.39, 0.29) is 12.3 Å². The van der Waals surface area contributed by atoms with E-state index in [1.807, 2.05) is 18.2 Å². The number of rotatable bonds is 7. The lowest BCUT2D eigenvalue weighted by molar-refractivity contribution is -0.705. The van der Waals surface area contributed by atoms with E-state index in [1.54, 1.807) is 24.3 Å². The second-order valence-electron chi connectivity index (χ2n) is 5.50. The highest BCUT2D eigenvalue weighted by Gasteiger charge is 2.20. The van der Waals surface area contributed by atoms with Crippen molar-refractivity contribution in [3.8, 4) is 11.6 Å². The summed E-state index contributed by atoms with van der Waals surface area (Å²) in [5, 5.41) is 18.6. The quantitative estimate of drug-likeness (QED) is 0.466. The Balaban J connectivity index is 1.56. The molecule has 0 fully saturated rings. The third kappa shape index (κ3) is 4.64. The van der Waals surface area contributed by atoms with Crippen LogP contribution in [0.25, 0.3) is 5.69 Å². The molecule has 0 spiro atoms. The number of anilines is 1. The predicted molar refractivity (Wildman–Crippen MR) is 96.4 cm³/mol. The molecule has 1 heterocycles. The van der Waals surface area contributed by atoms with Gasteiger partial charge in [0.25, 0.3) is 5.03 Å². The minimum atomic E-state index is -0.550. The fourth-order valence-electron chi connectivity index (χ4n) is 2.28. The first-order valence-electron chi connectivity index (χ1n) is 8.01. The average Bonchev–Trinajstić information content (AvgIpc) is 3.03. The maximum Gasteiger partial charge on any atom is 0.297 e. The summed E-state index contributed by atoms with van der Waals surface area (Å²) in [5.74, 6) is -0.928. The number of thioether (sulfide) groups is 1. The van der Waals surface area contributed by atoms with Gasteiger partial charge >= 0.3 is 0 Å². The molecule has 0 bridgehead atoms. The maximum atomic E-state index is 12.1. The van der Waals surface area contributed by atoms with E-state index >= 15 is 0 Å². The van der Waals surface area contributed by atoms with E-state index in [1.165, 1.54) is 28.6 Å². The molecule has 3 rings (SSSR count). The summed E-state index contributed by atoms with van der Waals surface area (Å²) in [6.45, 7) is 0. The van der Waals surface area contributed by atoms with Crippen LogP contribution in [0.15, 0.2) is 64.1 Å². The molecule has 2 amide bonds. The Kier molecular flexibility index (Phi) is 5.72. The fraction of sp³-hybridized carbons (Fsp3) is 0.111. The molecular formula is C18H16N4O4S. The summed E-state index contributed by atoms with van der Waals surface area (Å²) in [6, 6.07) is 15.4.